The summed E-state index contributed by atoms with van der Waals surface area (Å²) in [6, 6.07) is 0. The number of phosphoric acid groups is 2. The Balaban J connectivity index is 5.19. The molecule has 0 aliphatic carbocycles. The Bertz CT molecular complexity index is 1670. The van der Waals surface area contributed by atoms with Crippen LogP contribution in [-0.4, -0.2) is 96.7 Å². The van der Waals surface area contributed by atoms with Crippen LogP contribution in [0.15, 0.2) is 0 Å². The molecule has 0 heterocycles. The van der Waals surface area contributed by atoms with Gasteiger partial charge in [0.2, 0.25) is 0 Å². The van der Waals surface area contributed by atoms with Crippen LogP contribution in [0.5, 0.6) is 0 Å². The Morgan fingerprint density at radius 3 is 0.894 bits per heavy atom. The summed E-state index contributed by atoms with van der Waals surface area (Å²) in [7, 11) is -9.88. The quantitative estimate of drug-likeness (QED) is 0.0222. The van der Waals surface area contributed by atoms with Crippen LogP contribution in [0.4, 0.5) is 0 Å². The van der Waals surface area contributed by atoms with Crippen molar-refractivity contribution in [2.75, 3.05) is 39.6 Å². The second kappa shape index (κ2) is 58.4. The number of hydrogen-bond donors (Lipinski definition) is 3. The molecule has 0 rings (SSSR count). The van der Waals surface area contributed by atoms with Gasteiger partial charge in [0.15, 0.2) is 12.2 Å². The molecule has 19 heteroatoms. The highest BCUT2D eigenvalue weighted by Crippen LogP contribution is 2.45. The molecular weight excluding hydrogens is 1130 g/mol. The van der Waals surface area contributed by atoms with E-state index in [9.17, 15) is 43.2 Å². The molecule has 3 unspecified atom stereocenters. The Kier molecular flexibility index (Phi) is 57.1. The molecule has 85 heavy (non-hydrogen) atoms. The van der Waals surface area contributed by atoms with E-state index >= 15 is 0 Å². The predicted molar refractivity (Wildman–Crippen MR) is 340 cm³/mol. The number of carbonyl (C=O) groups excluding carboxylic acids is 4. The van der Waals surface area contributed by atoms with E-state index in [4.69, 9.17) is 37.0 Å². The van der Waals surface area contributed by atoms with Crippen LogP contribution in [0, 0.1) is 11.8 Å². The molecule has 0 aromatic heterocycles. The van der Waals surface area contributed by atoms with Crippen molar-refractivity contribution in [3.63, 3.8) is 0 Å². The van der Waals surface area contributed by atoms with Crippen LogP contribution in [0.2, 0.25) is 0 Å². The molecule has 6 atom stereocenters. The first kappa shape index (κ1) is 83.1. The Hall–Kier alpha value is -1.94. The van der Waals surface area contributed by atoms with Crippen molar-refractivity contribution in [3.8, 4) is 0 Å². The van der Waals surface area contributed by atoms with E-state index in [-0.39, 0.29) is 25.7 Å². The molecule has 3 N–H and O–H groups in total. The molecular formula is C66H128O17P2. The monoisotopic (exact) mass is 1250 g/mol. The zero-order chi connectivity index (χ0) is 62.9. The Morgan fingerprint density at radius 2 is 0.600 bits per heavy atom. The number of phosphoric ester groups is 2. The van der Waals surface area contributed by atoms with Gasteiger partial charge in [-0.3, -0.25) is 37.3 Å². The molecule has 0 spiro atoms. The minimum Gasteiger partial charge on any atom is -0.462 e. The number of carbonyl (C=O) groups is 4. The maximum Gasteiger partial charge on any atom is 0.472 e. The number of aliphatic hydroxyl groups is 1. The van der Waals surface area contributed by atoms with Crippen molar-refractivity contribution >= 4 is 39.5 Å². The summed E-state index contributed by atoms with van der Waals surface area (Å²) in [5, 5.41) is 10.5. The van der Waals surface area contributed by atoms with Gasteiger partial charge >= 0.3 is 39.5 Å². The average Bonchev–Trinajstić information content (AvgIpc) is 3.55. The van der Waals surface area contributed by atoms with E-state index in [0.717, 1.165) is 115 Å². The van der Waals surface area contributed by atoms with Gasteiger partial charge in [0.05, 0.1) is 26.4 Å². The van der Waals surface area contributed by atoms with Gasteiger partial charge in [-0.15, -0.1) is 0 Å². The first-order valence-corrected chi connectivity index (χ1v) is 37.5. The molecule has 0 saturated carbocycles. The van der Waals surface area contributed by atoms with Crippen molar-refractivity contribution in [1.29, 1.82) is 0 Å². The van der Waals surface area contributed by atoms with Gasteiger partial charge in [-0.05, 0) is 37.5 Å². The zero-order valence-electron chi connectivity index (χ0n) is 54.9. The Morgan fingerprint density at radius 1 is 0.341 bits per heavy atom. The van der Waals surface area contributed by atoms with Crippen molar-refractivity contribution < 1.29 is 80.2 Å². The number of hydrogen-bond acceptors (Lipinski definition) is 15. The molecule has 0 saturated heterocycles. The molecule has 0 aliphatic heterocycles. The lowest BCUT2D eigenvalue weighted by Gasteiger charge is -2.21. The third-order valence-corrected chi connectivity index (χ3v) is 17.5. The lowest BCUT2D eigenvalue weighted by molar-refractivity contribution is -0.161. The second-order valence-corrected chi connectivity index (χ2v) is 27.5. The third kappa shape index (κ3) is 59.5. The Labute approximate surface area is 517 Å². The molecule has 0 amide bonds. The van der Waals surface area contributed by atoms with Crippen LogP contribution in [0.25, 0.3) is 0 Å². The zero-order valence-corrected chi connectivity index (χ0v) is 56.7. The van der Waals surface area contributed by atoms with E-state index in [0.29, 0.717) is 25.7 Å². The second-order valence-electron chi connectivity index (χ2n) is 24.6. The predicted octanol–water partition coefficient (Wildman–Crippen LogP) is 18.4. The van der Waals surface area contributed by atoms with Gasteiger partial charge in [0.1, 0.15) is 19.3 Å². The summed E-state index contributed by atoms with van der Waals surface area (Å²) in [6.45, 7) is 9.48. The van der Waals surface area contributed by atoms with E-state index in [2.05, 4.69) is 41.5 Å². The molecule has 0 aromatic carbocycles. The van der Waals surface area contributed by atoms with Crippen LogP contribution in [-0.2, 0) is 65.4 Å². The number of esters is 4. The minimum absolute atomic E-state index is 0.105. The van der Waals surface area contributed by atoms with E-state index in [1.54, 1.807) is 0 Å². The van der Waals surface area contributed by atoms with Crippen molar-refractivity contribution in [2.45, 2.75) is 349 Å². The fourth-order valence-electron chi connectivity index (χ4n) is 9.85. The van der Waals surface area contributed by atoms with Crippen LogP contribution < -0.4 is 0 Å². The number of ether oxygens (including phenoxy) is 4. The molecule has 0 radical (unpaired) electrons. The van der Waals surface area contributed by atoms with Gasteiger partial charge in [-0.2, -0.15) is 0 Å². The molecule has 0 bridgehead atoms. The molecule has 0 fully saturated rings. The van der Waals surface area contributed by atoms with Gasteiger partial charge in [-0.1, -0.05) is 279 Å². The summed E-state index contributed by atoms with van der Waals surface area (Å²) >= 11 is 0. The number of rotatable bonds is 65. The van der Waals surface area contributed by atoms with Crippen LogP contribution in [0.3, 0.4) is 0 Å². The fraction of sp³-hybridized carbons (Fsp3) is 0.939. The summed E-state index contributed by atoms with van der Waals surface area (Å²) in [5.74, 6) is -0.563. The topological polar surface area (TPSA) is 237 Å². The van der Waals surface area contributed by atoms with E-state index in [1.807, 2.05) is 0 Å². The first-order chi connectivity index (χ1) is 40.9. The SMILES string of the molecule is CCCCCCCCCCCC(=O)O[C@H](COC(=O)CCCCCCCCC)COP(=O)(O)OC[C@H](O)COP(=O)(O)OC[C@@H](COC(=O)CCCCCCCCCCC(C)CC)OC(=O)CCCCCCCCCCCCCCCCC(C)C. The third-order valence-electron chi connectivity index (χ3n) is 15.6. The standard InChI is InChI=1S/C66H128O17P2/c1-7-10-12-14-16-23-32-38-44-50-65(70)82-61(54-76-63(68)48-42-36-28-15-13-11-8-2)56-80-84(72,73)78-52-60(67)53-79-85(74,75)81-57-62(55-77-64(69)49-43-37-31-27-26-30-35-41-47-59(6)9-3)83-66(71)51-45-39-33-25-22-20-18-17-19-21-24-29-34-40-46-58(4)5/h58-62,67H,7-57H2,1-6H3,(H,72,73)(H,74,75)/t59?,60-,61+,62+/m0/s1. The number of unbranched alkanes of at least 4 members (excludes halogenated alkanes) is 34. The van der Waals surface area contributed by atoms with Gasteiger partial charge in [0.25, 0.3) is 0 Å². The van der Waals surface area contributed by atoms with Crippen LogP contribution in [0.1, 0.15) is 330 Å². The van der Waals surface area contributed by atoms with Crippen molar-refractivity contribution in [1.82, 2.24) is 0 Å². The maximum atomic E-state index is 13.0. The largest absolute Gasteiger partial charge is 0.472 e. The average molecular weight is 1260 g/mol. The summed E-state index contributed by atoms with van der Waals surface area (Å²) in [5.41, 5.74) is 0. The summed E-state index contributed by atoms with van der Waals surface area (Å²) < 4.78 is 68.0. The van der Waals surface area contributed by atoms with Gasteiger partial charge in [0, 0.05) is 25.7 Å². The van der Waals surface area contributed by atoms with E-state index in [1.165, 1.54) is 135 Å². The van der Waals surface area contributed by atoms with Crippen molar-refractivity contribution in [3.05, 3.63) is 0 Å². The molecule has 17 nitrogen and oxygen atoms in total. The highest BCUT2D eigenvalue weighted by atomic mass is 31.2. The fourth-order valence-corrected chi connectivity index (χ4v) is 11.4. The van der Waals surface area contributed by atoms with Gasteiger partial charge < -0.3 is 33.8 Å². The minimum atomic E-state index is -4.95. The number of aliphatic hydroxyl groups excluding tert-OH is 1. The first-order valence-electron chi connectivity index (χ1n) is 34.5. The maximum absolute atomic E-state index is 13.0. The highest BCUT2D eigenvalue weighted by molar-refractivity contribution is 7.47. The molecule has 0 aliphatic rings. The van der Waals surface area contributed by atoms with Crippen LogP contribution >= 0.6 is 15.6 Å². The summed E-state index contributed by atoms with van der Waals surface area (Å²) in [6.07, 6.45) is 41.8. The molecule has 0 aromatic rings. The summed E-state index contributed by atoms with van der Waals surface area (Å²) in [4.78, 5) is 72.2. The smallest absolute Gasteiger partial charge is 0.462 e. The lowest BCUT2D eigenvalue weighted by atomic mass is 9.99. The van der Waals surface area contributed by atoms with Gasteiger partial charge in [-0.25, -0.2) is 9.13 Å². The molecule has 504 valence electrons. The van der Waals surface area contributed by atoms with Crippen molar-refractivity contribution in [2.24, 2.45) is 11.8 Å². The van der Waals surface area contributed by atoms with E-state index < -0.39 is 97.5 Å². The normalized spacial score (nSPS) is 14.6. The highest BCUT2D eigenvalue weighted by Gasteiger charge is 2.30. The lowest BCUT2D eigenvalue weighted by Crippen LogP contribution is -2.30.